The van der Waals surface area contributed by atoms with E-state index in [9.17, 15) is 0 Å². The quantitative estimate of drug-likeness (QED) is 0.251. The fraction of sp³-hybridized carbons (Fsp3) is 0.500. The van der Waals surface area contributed by atoms with Crippen LogP contribution in [0.2, 0.25) is 0 Å². The lowest BCUT2D eigenvalue weighted by Crippen LogP contribution is -2.05. The zero-order chi connectivity index (χ0) is 6.41. The molecule has 2 heteroatoms. The average molecular weight is 112 g/mol. The van der Waals surface area contributed by atoms with Gasteiger partial charge >= 0.3 is 0 Å². The third-order valence-corrected chi connectivity index (χ3v) is 0.694. The molecule has 0 bridgehead atoms. The van der Waals surface area contributed by atoms with Gasteiger partial charge in [0.2, 0.25) is 0 Å². The molecule has 0 radical (unpaired) electrons. The van der Waals surface area contributed by atoms with Crippen LogP contribution in [-0.2, 0) is 0 Å². The first kappa shape index (κ1) is 7.21. The van der Waals surface area contributed by atoms with Crippen LogP contribution in [0.15, 0.2) is 17.6 Å². The molecule has 0 amide bonds. The first-order chi connectivity index (χ1) is 3.77. The Morgan fingerprint density at radius 3 is 2.88 bits per heavy atom. The van der Waals surface area contributed by atoms with Crippen molar-refractivity contribution in [3.8, 4) is 0 Å². The van der Waals surface area contributed by atoms with E-state index in [2.05, 4.69) is 11.6 Å². The van der Waals surface area contributed by atoms with E-state index in [1.807, 2.05) is 6.08 Å². The predicted octanol–water partition coefficient (Wildman–Crippen LogP) is 0.940. The highest BCUT2D eigenvalue weighted by Crippen LogP contribution is 1.79. The molecule has 0 saturated heterocycles. The van der Waals surface area contributed by atoms with Crippen LogP contribution in [0.5, 0.6) is 0 Å². The number of nitrogens with zero attached hydrogens (tertiary/aromatic N) is 1. The highest BCUT2D eigenvalue weighted by Gasteiger charge is 1.75. The molecule has 2 nitrogen and oxygen atoms in total. The Labute approximate surface area is 50.1 Å². The molecule has 0 saturated carbocycles. The summed E-state index contributed by atoms with van der Waals surface area (Å²) < 4.78 is 0. The van der Waals surface area contributed by atoms with E-state index < -0.39 is 0 Å². The molecule has 0 aromatic heterocycles. The van der Waals surface area contributed by atoms with E-state index in [0.29, 0.717) is 5.84 Å². The lowest BCUT2D eigenvalue weighted by molar-refractivity contribution is 1.00. The molecule has 0 aliphatic carbocycles. The summed E-state index contributed by atoms with van der Waals surface area (Å²) >= 11 is 0. The van der Waals surface area contributed by atoms with Crippen molar-refractivity contribution < 1.29 is 0 Å². The van der Waals surface area contributed by atoms with Crippen LogP contribution < -0.4 is 5.73 Å². The first-order valence-corrected chi connectivity index (χ1v) is 2.65. The van der Waals surface area contributed by atoms with Gasteiger partial charge in [0, 0.05) is 6.54 Å². The lowest BCUT2D eigenvalue weighted by Gasteiger charge is -1.87. The Hall–Kier alpha value is -0.790. The fourth-order valence-electron chi connectivity index (χ4n) is 0.332. The van der Waals surface area contributed by atoms with Crippen LogP contribution in [0.4, 0.5) is 0 Å². The van der Waals surface area contributed by atoms with E-state index in [-0.39, 0.29) is 0 Å². The van der Waals surface area contributed by atoms with Crippen molar-refractivity contribution in [1.29, 1.82) is 0 Å². The van der Waals surface area contributed by atoms with Crippen molar-refractivity contribution in [1.82, 2.24) is 0 Å². The Kier molecular flexibility index (Phi) is 3.94. The molecule has 8 heavy (non-hydrogen) atoms. The summed E-state index contributed by atoms with van der Waals surface area (Å²) in [7, 11) is 0. The summed E-state index contributed by atoms with van der Waals surface area (Å²) in [5.74, 6) is 0.645. The van der Waals surface area contributed by atoms with Gasteiger partial charge in [-0.2, -0.15) is 0 Å². The first-order valence-electron chi connectivity index (χ1n) is 2.65. The summed E-state index contributed by atoms with van der Waals surface area (Å²) in [6.07, 6.45) is 2.74. The second kappa shape index (κ2) is 4.37. The molecule has 0 aromatic rings. The minimum atomic E-state index is 0.645. The van der Waals surface area contributed by atoms with Gasteiger partial charge in [0.25, 0.3) is 0 Å². The van der Waals surface area contributed by atoms with Crippen molar-refractivity contribution in [2.24, 2.45) is 10.7 Å². The summed E-state index contributed by atoms with van der Waals surface area (Å²) in [4.78, 5) is 3.94. The standard InChI is InChI=1S/C6H12N2/c1-3-4-5-8-6(2)7/h3H,1,4-5H2,2H3,(H2,7,8). The van der Waals surface area contributed by atoms with Crippen LogP contribution in [0.1, 0.15) is 13.3 Å². The topological polar surface area (TPSA) is 38.4 Å². The van der Waals surface area contributed by atoms with Gasteiger partial charge in [-0.1, -0.05) is 6.08 Å². The number of hydrogen-bond acceptors (Lipinski definition) is 1. The van der Waals surface area contributed by atoms with Crippen molar-refractivity contribution in [3.63, 3.8) is 0 Å². The number of rotatable bonds is 3. The predicted molar refractivity (Wildman–Crippen MR) is 37.0 cm³/mol. The van der Waals surface area contributed by atoms with Crippen LogP contribution >= 0.6 is 0 Å². The third kappa shape index (κ3) is 5.21. The maximum atomic E-state index is 5.25. The molecule has 0 aromatic carbocycles. The number of aliphatic imine (C=N–C) groups is 1. The normalized spacial score (nSPS) is 11.4. The summed E-state index contributed by atoms with van der Waals surface area (Å²) in [5.41, 5.74) is 5.25. The Bertz CT molecular complexity index is 90.7. The van der Waals surface area contributed by atoms with Crippen molar-refractivity contribution in [2.45, 2.75) is 13.3 Å². The van der Waals surface area contributed by atoms with Crippen LogP contribution in [0, 0.1) is 0 Å². The largest absolute Gasteiger partial charge is 0.388 e. The molecule has 0 aliphatic heterocycles. The Balaban J connectivity index is 3.15. The highest BCUT2D eigenvalue weighted by atomic mass is 14.8. The molecule has 0 atom stereocenters. The molecule has 0 fully saturated rings. The van der Waals surface area contributed by atoms with E-state index in [4.69, 9.17) is 5.73 Å². The zero-order valence-electron chi connectivity index (χ0n) is 5.22. The van der Waals surface area contributed by atoms with Crippen molar-refractivity contribution in [2.75, 3.05) is 6.54 Å². The molecule has 0 heterocycles. The second-order valence-electron chi connectivity index (χ2n) is 1.60. The molecule has 0 spiro atoms. The smallest absolute Gasteiger partial charge is 0.0905 e. The molecule has 2 N–H and O–H groups in total. The Morgan fingerprint density at radius 1 is 1.88 bits per heavy atom. The SMILES string of the molecule is C=CCCN=C(C)N. The number of hydrogen-bond donors (Lipinski definition) is 1. The molecule has 0 rings (SSSR count). The molecule has 0 aliphatic rings. The van der Waals surface area contributed by atoms with Crippen molar-refractivity contribution in [3.05, 3.63) is 12.7 Å². The van der Waals surface area contributed by atoms with Gasteiger partial charge in [-0.05, 0) is 13.3 Å². The number of amidine groups is 1. The van der Waals surface area contributed by atoms with Crippen molar-refractivity contribution >= 4 is 5.84 Å². The lowest BCUT2D eigenvalue weighted by atomic mass is 10.4. The fourth-order valence-corrected chi connectivity index (χ4v) is 0.332. The van der Waals surface area contributed by atoms with E-state index in [0.717, 1.165) is 13.0 Å². The molecular weight excluding hydrogens is 100 g/mol. The average Bonchev–Trinajstić information content (AvgIpc) is 1.66. The molecule has 46 valence electrons. The van der Waals surface area contributed by atoms with E-state index >= 15 is 0 Å². The molecule has 0 unspecified atom stereocenters. The van der Waals surface area contributed by atoms with Gasteiger partial charge in [0.1, 0.15) is 0 Å². The van der Waals surface area contributed by atoms with Gasteiger partial charge in [0.15, 0.2) is 0 Å². The van der Waals surface area contributed by atoms with Crippen LogP contribution in [0.3, 0.4) is 0 Å². The van der Waals surface area contributed by atoms with Gasteiger partial charge in [-0.15, -0.1) is 6.58 Å². The maximum absolute atomic E-state index is 5.25. The second-order valence-corrected chi connectivity index (χ2v) is 1.60. The van der Waals surface area contributed by atoms with Gasteiger partial charge in [-0.25, -0.2) is 0 Å². The minimum Gasteiger partial charge on any atom is -0.388 e. The summed E-state index contributed by atoms with van der Waals surface area (Å²) in [6.45, 7) is 6.10. The van der Waals surface area contributed by atoms with Gasteiger partial charge < -0.3 is 5.73 Å². The maximum Gasteiger partial charge on any atom is 0.0905 e. The van der Waals surface area contributed by atoms with Crippen LogP contribution in [-0.4, -0.2) is 12.4 Å². The summed E-state index contributed by atoms with van der Waals surface area (Å²) in [6, 6.07) is 0. The van der Waals surface area contributed by atoms with E-state index in [1.165, 1.54) is 0 Å². The minimum absolute atomic E-state index is 0.645. The van der Waals surface area contributed by atoms with E-state index in [1.54, 1.807) is 6.92 Å². The van der Waals surface area contributed by atoms with Gasteiger partial charge in [-0.3, -0.25) is 4.99 Å². The highest BCUT2D eigenvalue weighted by molar-refractivity contribution is 5.77. The Morgan fingerprint density at radius 2 is 2.50 bits per heavy atom. The third-order valence-electron chi connectivity index (χ3n) is 0.694. The molecular formula is C6H12N2. The summed E-state index contributed by atoms with van der Waals surface area (Å²) in [5, 5.41) is 0. The zero-order valence-corrected chi connectivity index (χ0v) is 5.22. The number of nitrogens with two attached hydrogens (primary N) is 1. The monoisotopic (exact) mass is 112 g/mol. The van der Waals surface area contributed by atoms with Gasteiger partial charge in [0.05, 0.1) is 5.84 Å². The van der Waals surface area contributed by atoms with Crippen LogP contribution in [0.25, 0.3) is 0 Å².